The lowest BCUT2D eigenvalue weighted by Gasteiger charge is -2.60. The van der Waals surface area contributed by atoms with Gasteiger partial charge in [-0.15, -0.1) is 0 Å². The number of rotatable bonds is 6. The Hall–Kier alpha value is -2.28. The summed E-state index contributed by atoms with van der Waals surface area (Å²) >= 11 is 0. The van der Waals surface area contributed by atoms with E-state index in [-0.39, 0.29) is 48.7 Å². The van der Waals surface area contributed by atoms with E-state index in [1.54, 1.807) is 26.0 Å². The number of ether oxygens (including phenoxy) is 2. The van der Waals surface area contributed by atoms with E-state index in [0.717, 1.165) is 18.4 Å². The van der Waals surface area contributed by atoms with E-state index in [9.17, 15) is 24.3 Å². The van der Waals surface area contributed by atoms with Gasteiger partial charge in [-0.3, -0.25) is 19.2 Å². The molecule has 7 heteroatoms. The van der Waals surface area contributed by atoms with Gasteiger partial charge in [-0.2, -0.15) is 0 Å². The van der Waals surface area contributed by atoms with Crippen molar-refractivity contribution >= 4 is 23.5 Å². The second kappa shape index (κ2) is 8.99. The summed E-state index contributed by atoms with van der Waals surface area (Å²) in [6.07, 6.45) is 7.31. The Bertz CT molecular complexity index is 995. The van der Waals surface area contributed by atoms with Crippen molar-refractivity contribution in [3.8, 4) is 0 Å². The lowest BCUT2D eigenvalue weighted by atomic mass is 9.46. The van der Waals surface area contributed by atoms with Crippen molar-refractivity contribution < 1.29 is 33.8 Å². The van der Waals surface area contributed by atoms with Gasteiger partial charge in [0.25, 0.3) is 0 Å². The fraction of sp³-hybridized carbons (Fsp3) is 0.714. The molecular formula is C28H38O7. The van der Waals surface area contributed by atoms with E-state index in [1.807, 2.05) is 19.9 Å². The molecule has 0 heterocycles. The molecule has 192 valence electrons. The number of hydrogen-bond donors (Lipinski definition) is 1. The van der Waals surface area contributed by atoms with Crippen LogP contribution in [0.15, 0.2) is 23.8 Å². The van der Waals surface area contributed by atoms with Gasteiger partial charge in [0.05, 0.1) is 6.10 Å². The number of allylic oxidation sites excluding steroid dienone is 4. The zero-order chi connectivity index (χ0) is 25.8. The molecular weight excluding hydrogens is 448 g/mol. The number of Topliss-reactive ketones (excluding diaryl/α,β-unsaturated/α-hetero) is 1. The summed E-state index contributed by atoms with van der Waals surface area (Å²) in [5.74, 6) is -1.63. The summed E-state index contributed by atoms with van der Waals surface area (Å²) in [5.41, 5.74) is -1.64. The van der Waals surface area contributed by atoms with Crippen molar-refractivity contribution in [1.29, 1.82) is 0 Å². The van der Waals surface area contributed by atoms with Crippen LogP contribution < -0.4 is 0 Å². The Morgan fingerprint density at radius 1 is 1.14 bits per heavy atom. The number of ketones is 2. The summed E-state index contributed by atoms with van der Waals surface area (Å²) in [7, 11) is 0. The van der Waals surface area contributed by atoms with Gasteiger partial charge in [-0.1, -0.05) is 46.3 Å². The highest BCUT2D eigenvalue weighted by atomic mass is 16.6. The molecule has 0 spiro atoms. The second-order valence-electron chi connectivity index (χ2n) is 11.3. The molecule has 4 rings (SSSR count). The van der Waals surface area contributed by atoms with Crippen molar-refractivity contribution in [2.75, 3.05) is 6.61 Å². The molecule has 35 heavy (non-hydrogen) atoms. The summed E-state index contributed by atoms with van der Waals surface area (Å²) in [6, 6.07) is 0. The van der Waals surface area contributed by atoms with Crippen molar-refractivity contribution in [3.63, 3.8) is 0 Å². The van der Waals surface area contributed by atoms with Gasteiger partial charge < -0.3 is 14.6 Å². The first kappa shape index (κ1) is 25.8. The van der Waals surface area contributed by atoms with Crippen LogP contribution in [0.25, 0.3) is 0 Å². The van der Waals surface area contributed by atoms with Crippen LogP contribution in [0.3, 0.4) is 0 Å². The summed E-state index contributed by atoms with van der Waals surface area (Å²) < 4.78 is 11.3. The highest BCUT2D eigenvalue weighted by molar-refractivity contribution is 6.01. The largest absolute Gasteiger partial charge is 0.457 e. The molecule has 3 saturated carbocycles. The zero-order valence-corrected chi connectivity index (χ0v) is 21.5. The van der Waals surface area contributed by atoms with Crippen molar-refractivity contribution in [2.45, 2.75) is 84.8 Å². The molecule has 4 aliphatic carbocycles. The maximum Gasteiger partial charge on any atom is 0.306 e. The summed E-state index contributed by atoms with van der Waals surface area (Å²) in [4.78, 5) is 50.4. The zero-order valence-electron chi connectivity index (χ0n) is 21.5. The van der Waals surface area contributed by atoms with E-state index in [4.69, 9.17) is 9.47 Å². The number of aliphatic hydroxyl groups is 1. The van der Waals surface area contributed by atoms with Crippen molar-refractivity contribution in [2.24, 2.45) is 34.5 Å². The molecule has 0 aromatic rings. The van der Waals surface area contributed by atoms with Crippen LogP contribution in [0, 0.1) is 34.5 Å². The van der Waals surface area contributed by atoms with Crippen LogP contribution in [0.5, 0.6) is 0 Å². The fourth-order valence-electron chi connectivity index (χ4n) is 8.12. The van der Waals surface area contributed by atoms with E-state index < -0.39 is 46.9 Å². The fourth-order valence-corrected chi connectivity index (χ4v) is 8.12. The monoisotopic (exact) mass is 486 g/mol. The average Bonchev–Trinajstić information content (AvgIpc) is 3.04. The average molecular weight is 487 g/mol. The number of aliphatic hydroxyl groups excluding tert-OH is 1. The molecule has 3 fully saturated rings. The topological polar surface area (TPSA) is 107 Å². The minimum atomic E-state index is -1.47. The van der Waals surface area contributed by atoms with Crippen molar-refractivity contribution in [3.05, 3.63) is 23.8 Å². The van der Waals surface area contributed by atoms with Crippen LogP contribution >= 0.6 is 0 Å². The lowest BCUT2D eigenvalue weighted by molar-refractivity contribution is -0.206. The third-order valence-corrected chi connectivity index (χ3v) is 9.67. The van der Waals surface area contributed by atoms with Gasteiger partial charge in [0, 0.05) is 35.5 Å². The van der Waals surface area contributed by atoms with E-state index in [1.165, 1.54) is 0 Å². The third kappa shape index (κ3) is 3.73. The molecule has 0 saturated heterocycles. The predicted molar refractivity (Wildman–Crippen MR) is 128 cm³/mol. The number of hydrogen-bond acceptors (Lipinski definition) is 7. The second-order valence-corrected chi connectivity index (χ2v) is 11.3. The van der Waals surface area contributed by atoms with Gasteiger partial charge in [0.1, 0.15) is 0 Å². The van der Waals surface area contributed by atoms with E-state index in [2.05, 4.69) is 6.92 Å². The van der Waals surface area contributed by atoms with Gasteiger partial charge >= 0.3 is 11.9 Å². The highest BCUT2D eigenvalue weighted by Gasteiger charge is 2.72. The van der Waals surface area contributed by atoms with Crippen molar-refractivity contribution in [1.82, 2.24) is 0 Å². The highest BCUT2D eigenvalue weighted by Crippen LogP contribution is 2.69. The number of carbonyl (C=O) groups is 4. The van der Waals surface area contributed by atoms with Crippen LogP contribution in [0.1, 0.15) is 73.1 Å². The minimum Gasteiger partial charge on any atom is -0.457 e. The normalized spacial score (nSPS) is 41.8. The number of carbonyl (C=O) groups excluding carboxylic acids is 4. The Morgan fingerprint density at radius 2 is 1.83 bits per heavy atom. The maximum absolute atomic E-state index is 13.8. The van der Waals surface area contributed by atoms with Crippen LogP contribution in [0.2, 0.25) is 0 Å². The van der Waals surface area contributed by atoms with E-state index >= 15 is 0 Å². The Kier molecular flexibility index (Phi) is 6.62. The number of fused-ring (bicyclic) bond motifs is 5. The molecule has 0 bridgehead atoms. The SMILES string of the molecule is CCC(=O)OCC(=O)[C@@]1(OC(=O)CC)[C@@H](C)CC2C3CCC4=CC(=O)C=C[C@]4(C)C3[C@@H](O)C[C@@]21C. The molecule has 0 aliphatic heterocycles. The first-order valence-electron chi connectivity index (χ1n) is 13.0. The van der Waals surface area contributed by atoms with Gasteiger partial charge in [0.2, 0.25) is 5.78 Å². The van der Waals surface area contributed by atoms with E-state index in [0.29, 0.717) is 6.42 Å². The van der Waals surface area contributed by atoms with Gasteiger partial charge in [-0.05, 0) is 49.7 Å². The molecule has 0 amide bonds. The van der Waals surface area contributed by atoms with Crippen LogP contribution in [-0.4, -0.2) is 46.9 Å². The van der Waals surface area contributed by atoms with Gasteiger partial charge in [-0.25, -0.2) is 0 Å². The molecule has 0 aromatic carbocycles. The molecule has 1 N–H and O–H groups in total. The van der Waals surface area contributed by atoms with Crippen LogP contribution in [-0.2, 0) is 28.7 Å². The third-order valence-electron chi connectivity index (χ3n) is 9.67. The Labute approximate surface area is 207 Å². The standard InChI is InChI=1S/C28H38O7/c1-6-23(32)34-15-22(31)28(35-24(33)7-2)16(3)12-20-19-9-8-17-13-18(29)10-11-26(17,4)25(19)21(30)14-27(20,28)5/h10-11,13,16,19-21,25,30H,6-9,12,14-15H2,1-5H3/t16-,19?,20?,21-,25?,26-,27-,28-/m0/s1. The Balaban J connectivity index is 1.76. The molecule has 4 aliphatic rings. The number of esters is 2. The molecule has 0 aromatic heterocycles. The minimum absolute atomic E-state index is 0.0155. The predicted octanol–water partition coefficient (Wildman–Crippen LogP) is 3.73. The molecule has 8 atom stereocenters. The first-order valence-corrected chi connectivity index (χ1v) is 13.0. The molecule has 3 unspecified atom stereocenters. The smallest absolute Gasteiger partial charge is 0.306 e. The maximum atomic E-state index is 13.8. The first-order chi connectivity index (χ1) is 16.4. The summed E-state index contributed by atoms with van der Waals surface area (Å²) in [6.45, 7) is 8.90. The van der Waals surface area contributed by atoms with Gasteiger partial charge in [0.15, 0.2) is 18.0 Å². The Morgan fingerprint density at radius 3 is 2.49 bits per heavy atom. The quantitative estimate of drug-likeness (QED) is 0.570. The molecule has 7 nitrogen and oxygen atoms in total. The van der Waals surface area contributed by atoms with Crippen LogP contribution in [0.4, 0.5) is 0 Å². The summed E-state index contributed by atoms with van der Waals surface area (Å²) in [5, 5.41) is 11.7. The lowest BCUT2D eigenvalue weighted by Crippen LogP contribution is -2.64. The molecule has 0 radical (unpaired) electrons.